The molecule has 0 saturated heterocycles. The van der Waals surface area contributed by atoms with Crippen LogP contribution in [0.3, 0.4) is 0 Å². The van der Waals surface area contributed by atoms with Crippen molar-refractivity contribution in [2.45, 2.75) is 19.4 Å². The Morgan fingerprint density at radius 3 is 2.85 bits per heavy atom. The van der Waals surface area contributed by atoms with Crippen LogP contribution >= 0.6 is 0 Å². The van der Waals surface area contributed by atoms with Crippen molar-refractivity contribution in [1.82, 2.24) is 29.3 Å². The van der Waals surface area contributed by atoms with E-state index in [9.17, 15) is 0 Å². The van der Waals surface area contributed by atoms with Gasteiger partial charge in [0.15, 0.2) is 5.65 Å². The van der Waals surface area contributed by atoms with Gasteiger partial charge in [0.25, 0.3) is 0 Å². The summed E-state index contributed by atoms with van der Waals surface area (Å²) in [7, 11) is 3.92. The second-order valence-electron chi connectivity index (χ2n) is 5.31. The Kier molecular flexibility index (Phi) is 2.21. The highest BCUT2D eigenvalue weighted by molar-refractivity contribution is 5.90. The summed E-state index contributed by atoms with van der Waals surface area (Å²) in [6, 6.07) is 2.29. The van der Waals surface area contributed by atoms with Crippen molar-refractivity contribution in [3.63, 3.8) is 0 Å². The first-order valence-electron chi connectivity index (χ1n) is 6.80. The maximum absolute atomic E-state index is 4.77. The van der Waals surface area contributed by atoms with Gasteiger partial charge < -0.3 is 5.32 Å². The van der Waals surface area contributed by atoms with Crippen LogP contribution in [-0.4, -0.2) is 35.9 Å². The lowest BCUT2D eigenvalue weighted by molar-refractivity contribution is 0.453. The first-order valence-corrected chi connectivity index (χ1v) is 6.80. The molecule has 104 valence electrons. The number of aryl methyl sites for hydroxylation is 3. The molecule has 0 spiro atoms. The second kappa shape index (κ2) is 3.84. The third-order valence-electron chi connectivity index (χ3n) is 4.07. The minimum Gasteiger partial charge on any atom is -0.370 e. The zero-order valence-electron chi connectivity index (χ0n) is 11.8. The first-order chi connectivity index (χ1) is 9.66. The molecule has 3 aromatic rings. The summed E-state index contributed by atoms with van der Waals surface area (Å²) in [5, 5.41) is 18.1. The molecule has 0 amide bonds. The van der Waals surface area contributed by atoms with E-state index in [-0.39, 0.29) is 6.04 Å². The van der Waals surface area contributed by atoms with E-state index in [1.807, 2.05) is 36.6 Å². The molecule has 1 atom stereocenters. The molecule has 0 fully saturated rings. The van der Waals surface area contributed by atoms with Crippen LogP contribution in [-0.2, 0) is 14.1 Å². The highest BCUT2D eigenvalue weighted by atomic mass is 15.4. The van der Waals surface area contributed by atoms with Crippen molar-refractivity contribution in [3.8, 4) is 0 Å². The minimum atomic E-state index is 0.227. The normalized spacial score (nSPS) is 18.2. The molecule has 4 rings (SSSR count). The van der Waals surface area contributed by atoms with Crippen molar-refractivity contribution in [3.05, 3.63) is 23.7 Å². The molecule has 1 aliphatic heterocycles. The molecule has 0 aliphatic carbocycles. The summed E-state index contributed by atoms with van der Waals surface area (Å²) < 4.78 is 5.86. The molecule has 7 heteroatoms. The van der Waals surface area contributed by atoms with Crippen molar-refractivity contribution in [1.29, 1.82) is 0 Å². The van der Waals surface area contributed by atoms with Crippen LogP contribution in [0.4, 0.5) is 5.82 Å². The monoisotopic (exact) mass is 271 g/mol. The quantitative estimate of drug-likeness (QED) is 0.722. The van der Waals surface area contributed by atoms with Gasteiger partial charge in [0.1, 0.15) is 5.82 Å². The molecule has 1 aliphatic rings. The topological polar surface area (TPSA) is 65.5 Å². The third-order valence-corrected chi connectivity index (χ3v) is 4.07. The average Bonchev–Trinajstić information content (AvgIpc) is 3.07. The van der Waals surface area contributed by atoms with Gasteiger partial charge >= 0.3 is 0 Å². The first kappa shape index (κ1) is 11.5. The Morgan fingerprint density at radius 1 is 1.25 bits per heavy atom. The number of aromatic nitrogens is 6. The highest BCUT2D eigenvalue weighted by Crippen LogP contribution is 2.35. The summed E-state index contributed by atoms with van der Waals surface area (Å²) in [4.78, 5) is 0. The zero-order chi connectivity index (χ0) is 13.9. The molecular weight excluding hydrogens is 254 g/mol. The maximum Gasteiger partial charge on any atom is 0.182 e. The van der Waals surface area contributed by atoms with Crippen LogP contribution in [0.5, 0.6) is 0 Å². The predicted molar refractivity (Wildman–Crippen MR) is 75.7 cm³/mol. The van der Waals surface area contributed by atoms with E-state index in [1.54, 1.807) is 0 Å². The summed E-state index contributed by atoms with van der Waals surface area (Å²) in [5.74, 6) is 1.07. The lowest BCUT2D eigenvalue weighted by Gasteiger charge is -2.25. The van der Waals surface area contributed by atoms with Gasteiger partial charge in [-0.1, -0.05) is 0 Å². The highest BCUT2D eigenvalue weighted by Gasteiger charge is 2.28. The van der Waals surface area contributed by atoms with Crippen LogP contribution in [0, 0.1) is 6.92 Å². The Labute approximate surface area is 116 Å². The van der Waals surface area contributed by atoms with Gasteiger partial charge in [-0.25, -0.2) is 9.36 Å². The number of hydrogen-bond acceptors (Lipinski definition) is 4. The van der Waals surface area contributed by atoms with Crippen LogP contribution in [0.25, 0.3) is 11.0 Å². The molecule has 0 saturated carbocycles. The SMILES string of the molecule is Cc1nn(C)c2nn3c(c12)NCCC3c1ccnn1C. The molecule has 20 heavy (non-hydrogen) atoms. The summed E-state index contributed by atoms with van der Waals surface area (Å²) in [6.45, 7) is 2.96. The van der Waals surface area contributed by atoms with Gasteiger partial charge in [0.05, 0.1) is 22.8 Å². The average molecular weight is 271 g/mol. The van der Waals surface area contributed by atoms with E-state index >= 15 is 0 Å². The number of rotatable bonds is 1. The minimum absolute atomic E-state index is 0.227. The van der Waals surface area contributed by atoms with E-state index in [1.165, 1.54) is 5.69 Å². The van der Waals surface area contributed by atoms with Crippen LogP contribution in [0.2, 0.25) is 0 Å². The number of fused-ring (bicyclic) bond motifs is 3. The predicted octanol–water partition coefficient (Wildman–Crippen LogP) is 1.22. The zero-order valence-corrected chi connectivity index (χ0v) is 11.8. The van der Waals surface area contributed by atoms with Crippen molar-refractivity contribution in [2.75, 3.05) is 11.9 Å². The van der Waals surface area contributed by atoms with Crippen molar-refractivity contribution < 1.29 is 0 Å². The molecule has 0 aromatic carbocycles. The number of hydrogen-bond donors (Lipinski definition) is 1. The van der Waals surface area contributed by atoms with Gasteiger partial charge in [0.2, 0.25) is 0 Å². The largest absolute Gasteiger partial charge is 0.370 e. The van der Waals surface area contributed by atoms with Crippen LogP contribution in [0.15, 0.2) is 12.3 Å². The maximum atomic E-state index is 4.77. The van der Waals surface area contributed by atoms with E-state index in [2.05, 4.69) is 26.3 Å². The number of nitrogens with one attached hydrogen (secondary N) is 1. The van der Waals surface area contributed by atoms with Gasteiger partial charge in [-0.15, -0.1) is 0 Å². The fourth-order valence-corrected chi connectivity index (χ4v) is 3.13. The van der Waals surface area contributed by atoms with Crippen LogP contribution < -0.4 is 5.32 Å². The molecule has 1 unspecified atom stereocenters. The summed E-state index contributed by atoms with van der Waals surface area (Å²) in [5.41, 5.74) is 3.13. The van der Waals surface area contributed by atoms with E-state index < -0.39 is 0 Å². The Morgan fingerprint density at radius 2 is 2.10 bits per heavy atom. The lowest BCUT2D eigenvalue weighted by atomic mass is 10.1. The molecule has 7 nitrogen and oxygen atoms in total. The smallest absolute Gasteiger partial charge is 0.182 e. The molecule has 1 N–H and O–H groups in total. The Bertz CT molecular complexity index is 791. The van der Waals surface area contributed by atoms with E-state index in [4.69, 9.17) is 5.10 Å². The van der Waals surface area contributed by atoms with E-state index in [0.29, 0.717) is 0 Å². The fourth-order valence-electron chi connectivity index (χ4n) is 3.13. The third kappa shape index (κ3) is 1.37. The molecular formula is C13H17N7. The van der Waals surface area contributed by atoms with Crippen molar-refractivity contribution >= 4 is 16.9 Å². The lowest BCUT2D eigenvalue weighted by Crippen LogP contribution is -2.26. The fraction of sp³-hybridized carbons (Fsp3) is 0.462. The van der Waals surface area contributed by atoms with Crippen LogP contribution in [0.1, 0.15) is 23.9 Å². The number of anilines is 1. The van der Waals surface area contributed by atoms with Gasteiger partial charge in [-0.2, -0.15) is 15.3 Å². The van der Waals surface area contributed by atoms with Gasteiger partial charge in [-0.05, 0) is 19.4 Å². The Hall–Kier alpha value is -2.31. The summed E-state index contributed by atoms with van der Waals surface area (Å²) >= 11 is 0. The standard InChI is InChI=1S/C13H17N7/c1-8-11-12-14-6-4-10(9-5-7-15-18(9)2)20(12)17-13(11)19(3)16-8/h5,7,10,14H,4,6H2,1-3H3. The molecule has 0 bridgehead atoms. The summed E-state index contributed by atoms with van der Waals surface area (Å²) in [6.07, 6.45) is 2.85. The number of nitrogens with zero attached hydrogens (tertiary/aromatic N) is 6. The second-order valence-corrected chi connectivity index (χ2v) is 5.31. The van der Waals surface area contributed by atoms with Gasteiger partial charge in [-0.3, -0.25) is 4.68 Å². The van der Waals surface area contributed by atoms with E-state index in [0.717, 1.165) is 35.5 Å². The molecule has 3 aromatic heterocycles. The van der Waals surface area contributed by atoms with Crippen molar-refractivity contribution in [2.24, 2.45) is 14.1 Å². The van der Waals surface area contributed by atoms with Gasteiger partial charge in [0, 0.05) is 26.8 Å². The molecule has 0 radical (unpaired) electrons. The Balaban J connectivity index is 1.96. The molecule has 4 heterocycles.